The summed E-state index contributed by atoms with van der Waals surface area (Å²) in [5.74, 6) is -1.57. The van der Waals surface area contributed by atoms with Gasteiger partial charge in [-0.2, -0.15) is 0 Å². The van der Waals surface area contributed by atoms with E-state index in [2.05, 4.69) is 10.6 Å². The lowest BCUT2D eigenvalue weighted by atomic mass is 9.84. The zero-order valence-electron chi connectivity index (χ0n) is 10.4. The Kier molecular flexibility index (Phi) is 3.28. The van der Waals surface area contributed by atoms with Crippen LogP contribution in [0.3, 0.4) is 0 Å². The third-order valence-electron chi connectivity index (χ3n) is 4.11. The van der Waals surface area contributed by atoms with Crippen molar-refractivity contribution in [2.24, 2.45) is 11.3 Å². The highest BCUT2D eigenvalue weighted by molar-refractivity contribution is 5.89. The molecule has 1 saturated heterocycles. The molecular weight excluding hydrogens is 236 g/mol. The molecule has 2 fully saturated rings. The molecule has 3 unspecified atom stereocenters. The van der Waals surface area contributed by atoms with Gasteiger partial charge in [0.1, 0.15) is 0 Å². The van der Waals surface area contributed by atoms with Crippen LogP contribution in [0, 0.1) is 11.3 Å². The van der Waals surface area contributed by atoms with Crippen LogP contribution in [0.4, 0.5) is 0 Å². The molecule has 6 nitrogen and oxygen atoms in total. The second kappa shape index (κ2) is 4.59. The minimum atomic E-state index is -0.883. The molecular formula is C12H18N2O4. The van der Waals surface area contributed by atoms with E-state index in [1.807, 2.05) is 0 Å². The highest BCUT2D eigenvalue weighted by Crippen LogP contribution is 2.38. The smallest absolute Gasteiger partial charge is 0.311 e. The zero-order valence-corrected chi connectivity index (χ0v) is 10.4. The Hall–Kier alpha value is -1.59. The molecule has 1 heterocycles. The number of carbonyl (C=O) groups is 3. The molecule has 18 heavy (non-hydrogen) atoms. The van der Waals surface area contributed by atoms with Crippen LogP contribution >= 0.6 is 0 Å². The number of hydrogen-bond acceptors (Lipinski definition) is 3. The summed E-state index contributed by atoms with van der Waals surface area (Å²) in [6.45, 7) is 2.02. The van der Waals surface area contributed by atoms with Crippen LogP contribution in [0.15, 0.2) is 0 Å². The SMILES string of the molecule is CC1(C(=O)O)CCCC1NC(=O)C1CNC(=O)C1. The molecule has 0 aromatic rings. The van der Waals surface area contributed by atoms with Gasteiger partial charge in [0, 0.05) is 19.0 Å². The lowest BCUT2D eigenvalue weighted by molar-refractivity contribution is -0.149. The number of carboxylic acid groups (broad SMARTS) is 1. The summed E-state index contributed by atoms with van der Waals surface area (Å²) < 4.78 is 0. The molecule has 1 aliphatic carbocycles. The van der Waals surface area contributed by atoms with Gasteiger partial charge in [-0.05, 0) is 19.8 Å². The predicted octanol–water partition coefficient (Wildman–Crippen LogP) is -0.118. The molecule has 3 N–H and O–H groups in total. The first kappa shape index (κ1) is 12.9. The highest BCUT2D eigenvalue weighted by atomic mass is 16.4. The van der Waals surface area contributed by atoms with Crippen LogP contribution < -0.4 is 10.6 Å². The molecule has 6 heteroatoms. The summed E-state index contributed by atoms with van der Waals surface area (Å²) in [4.78, 5) is 34.3. The molecule has 2 rings (SSSR count). The third kappa shape index (κ3) is 2.19. The fourth-order valence-electron chi connectivity index (χ4n) is 2.73. The lowest BCUT2D eigenvalue weighted by Crippen LogP contribution is -2.49. The lowest BCUT2D eigenvalue weighted by Gasteiger charge is -2.28. The standard InChI is InChI=1S/C12H18N2O4/c1-12(11(17)18)4-2-3-8(12)14-10(16)7-5-9(15)13-6-7/h7-8H,2-6H2,1H3,(H,13,15)(H,14,16)(H,17,18). The first-order valence-electron chi connectivity index (χ1n) is 6.24. The second-order valence-electron chi connectivity index (χ2n) is 5.38. The van der Waals surface area contributed by atoms with Crippen LogP contribution in [0.1, 0.15) is 32.6 Å². The quantitative estimate of drug-likeness (QED) is 0.654. The maximum absolute atomic E-state index is 12.0. The van der Waals surface area contributed by atoms with Crippen LogP contribution in [0.25, 0.3) is 0 Å². The molecule has 0 bridgehead atoms. The molecule has 0 spiro atoms. The molecule has 0 aromatic carbocycles. The summed E-state index contributed by atoms with van der Waals surface area (Å²) >= 11 is 0. The summed E-state index contributed by atoms with van der Waals surface area (Å²) in [7, 11) is 0. The van der Waals surface area contributed by atoms with E-state index in [1.54, 1.807) is 6.92 Å². The molecule has 0 radical (unpaired) electrons. The van der Waals surface area contributed by atoms with Gasteiger partial charge in [-0.3, -0.25) is 14.4 Å². The summed E-state index contributed by atoms with van der Waals surface area (Å²) in [5, 5.41) is 14.6. The van der Waals surface area contributed by atoms with Crippen molar-refractivity contribution >= 4 is 17.8 Å². The van der Waals surface area contributed by atoms with E-state index in [0.717, 1.165) is 6.42 Å². The third-order valence-corrected chi connectivity index (χ3v) is 4.11. The van der Waals surface area contributed by atoms with Gasteiger partial charge >= 0.3 is 5.97 Å². The van der Waals surface area contributed by atoms with E-state index in [9.17, 15) is 19.5 Å². The van der Waals surface area contributed by atoms with Gasteiger partial charge in [0.25, 0.3) is 0 Å². The molecule has 0 aromatic heterocycles. The van der Waals surface area contributed by atoms with Crippen LogP contribution in [-0.4, -0.2) is 35.5 Å². The van der Waals surface area contributed by atoms with Crippen LogP contribution in [0.2, 0.25) is 0 Å². The molecule has 1 saturated carbocycles. The Bertz CT molecular complexity index is 396. The molecule has 3 atom stereocenters. The van der Waals surface area contributed by atoms with Crippen molar-refractivity contribution in [3.63, 3.8) is 0 Å². The molecule has 1 aliphatic heterocycles. The van der Waals surface area contributed by atoms with E-state index in [0.29, 0.717) is 19.4 Å². The first-order valence-corrected chi connectivity index (χ1v) is 6.24. The Morgan fingerprint density at radius 3 is 2.78 bits per heavy atom. The highest BCUT2D eigenvalue weighted by Gasteiger charge is 2.46. The summed E-state index contributed by atoms with van der Waals surface area (Å²) in [6, 6.07) is -0.335. The number of nitrogens with one attached hydrogen (secondary N) is 2. The number of carbonyl (C=O) groups excluding carboxylic acids is 2. The van der Waals surface area contributed by atoms with Gasteiger partial charge in [-0.1, -0.05) is 6.42 Å². The van der Waals surface area contributed by atoms with Gasteiger partial charge in [-0.15, -0.1) is 0 Å². The van der Waals surface area contributed by atoms with E-state index in [4.69, 9.17) is 0 Å². The topological polar surface area (TPSA) is 95.5 Å². The minimum absolute atomic E-state index is 0.123. The molecule has 2 aliphatic rings. The van der Waals surface area contributed by atoms with E-state index in [-0.39, 0.29) is 30.2 Å². The van der Waals surface area contributed by atoms with Gasteiger partial charge in [0.15, 0.2) is 0 Å². The van der Waals surface area contributed by atoms with Crippen molar-refractivity contribution in [2.75, 3.05) is 6.54 Å². The van der Waals surface area contributed by atoms with Crippen LogP contribution in [0.5, 0.6) is 0 Å². The minimum Gasteiger partial charge on any atom is -0.481 e. The number of carboxylic acids is 1. The van der Waals surface area contributed by atoms with Crippen molar-refractivity contribution in [1.82, 2.24) is 10.6 Å². The largest absolute Gasteiger partial charge is 0.481 e. The van der Waals surface area contributed by atoms with Crippen molar-refractivity contribution in [1.29, 1.82) is 0 Å². The summed E-state index contributed by atoms with van der Waals surface area (Å²) in [5.41, 5.74) is -0.883. The summed E-state index contributed by atoms with van der Waals surface area (Å²) in [6.07, 6.45) is 2.26. The van der Waals surface area contributed by atoms with E-state index < -0.39 is 11.4 Å². The maximum Gasteiger partial charge on any atom is 0.311 e. The average molecular weight is 254 g/mol. The van der Waals surface area contributed by atoms with Gasteiger partial charge in [0.2, 0.25) is 11.8 Å². The van der Waals surface area contributed by atoms with Crippen molar-refractivity contribution in [2.45, 2.75) is 38.6 Å². The van der Waals surface area contributed by atoms with Gasteiger partial charge in [0.05, 0.1) is 11.3 Å². The van der Waals surface area contributed by atoms with Gasteiger partial charge < -0.3 is 15.7 Å². The zero-order chi connectivity index (χ0) is 13.3. The normalized spacial score (nSPS) is 35.3. The van der Waals surface area contributed by atoms with Crippen molar-refractivity contribution in [3.05, 3.63) is 0 Å². The van der Waals surface area contributed by atoms with E-state index in [1.165, 1.54) is 0 Å². The van der Waals surface area contributed by atoms with Crippen molar-refractivity contribution in [3.8, 4) is 0 Å². The first-order chi connectivity index (χ1) is 8.43. The van der Waals surface area contributed by atoms with Gasteiger partial charge in [-0.25, -0.2) is 0 Å². The Morgan fingerprint density at radius 1 is 1.50 bits per heavy atom. The van der Waals surface area contributed by atoms with Crippen molar-refractivity contribution < 1.29 is 19.5 Å². The molecule has 2 amide bonds. The Labute approximate surface area is 105 Å². The maximum atomic E-state index is 12.0. The molecule has 100 valence electrons. The number of rotatable bonds is 3. The number of aliphatic carboxylic acids is 1. The Morgan fingerprint density at radius 2 is 2.22 bits per heavy atom. The fraction of sp³-hybridized carbons (Fsp3) is 0.750. The Balaban J connectivity index is 1.98. The number of hydrogen-bond donors (Lipinski definition) is 3. The predicted molar refractivity (Wildman–Crippen MR) is 62.6 cm³/mol. The second-order valence-corrected chi connectivity index (χ2v) is 5.38. The number of amides is 2. The monoisotopic (exact) mass is 254 g/mol. The fourth-order valence-corrected chi connectivity index (χ4v) is 2.73. The average Bonchev–Trinajstić information content (AvgIpc) is 2.87. The van der Waals surface area contributed by atoms with E-state index >= 15 is 0 Å². The van der Waals surface area contributed by atoms with Crippen LogP contribution in [-0.2, 0) is 14.4 Å².